The maximum absolute atomic E-state index is 13.3. The van der Waals surface area contributed by atoms with Gasteiger partial charge in [0.1, 0.15) is 23.6 Å². The maximum Gasteiger partial charge on any atom is 0.325 e. The Labute approximate surface area is 185 Å². The van der Waals surface area contributed by atoms with Crippen molar-refractivity contribution in [2.24, 2.45) is 0 Å². The Kier molecular flexibility index (Phi) is 6.70. The van der Waals surface area contributed by atoms with Gasteiger partial charge in [-0.2, -0.15) is 0 Å². The zero-order valence-electron chi connectivity index (χ0n) is 17.5. The third kappa shape index (κ3) is 4.29. The van der Waals surface area contributed by atoms with Gasteiger partial charge in [-0.15, -0.1) is 0 Å². The fraction of sp³-hybridized carbons (Fsp3) is 0.318. The monoisotopic (exact) mass is 445 g/mol. The first kappa shape index (κ1) is 22.4. The molecule has 2 aromatic carbocycles. The number of urea groups is 1. The van der Waals surface area contributed by atoms with Gasteiger partial charge in [0.2, 0.25) is 5.91 Å². The minimum atomic E-state index is -1.19. The summed E-state index contributed by atoms with van der Waals surface area (Å²) in [5, 5.41) is 5.77. The topological polar surface area (TPSA) is 97.0 Å². The van der Waals surface area contributed by atoms with Crippen molar-refractivity contribution in [1.82, 2.24) is 10.2 Å². The van der Waals surface area contributed by atoms with Gasteiger partial charge >= 0.3 is 6.03 Å². The van der Waals surface area contributed by atoms with Crippen LogP contribution in [-0.2, 0) is 15.1 Å². The average molecular weight is 446 g/mol. The molecule has 0 bridgehead atoms. The number of hydrogen-bond acceptors (Lipinski definition) is 5. The lowest BCUT2D eigenvalue weighted by Crippen LogP contribution is -2.44. The Morgan fingerprint density at radius 1 is 1.13 bits per heavy atom. The quantitative estimate of drug-likeness (QED) is 0.606. The minimum absolute atomic E-state index is 0.309. The highest BCUT2D eigenvalue weighted by atomic mass is 35.5. The second-order valence-electron chi connectivity index (χ2n) is 7.08. The summed E-state index contributed by atoms with van der Waals surface area (Å²) in [5.74, 6) is -0.354. The van der Waals surface area contributed by atoms with E-state index in [-0.39, 0.29) is 0 Å². The van der Waals surface area contributed by atoms with Crippen LogP contribution in [0.1, 0.15) is 25.3 Å². The molecule has 1 fully saturated rings. The molecule has 0 saturated carbocycles. The number of methoxy groups -OCH3 is 2. The molecule has 0 aromatic heterocycles. The van der Waals surface area contributed by atoms with Crippen LogP contribution in [0.3, 0.4) is 0 Å². The Balaban J connectivity index is 1.82. The second kappa shape index (κ2) is 9.26. The van der Waals surface area contributed by atoms with Crippen LogP contribution in [0.5, 0.6) is 11.5 Å². The molecule has 1 unspecified atom stereocenters. The van der Waals surface area contributed by atoms with E-state index in [0.717, 1.165) is 4.90 Å². The summed E-state index contributed by atoms with van der Waals surface area (Å²) >= 11 is 6.09. The normalized spacial score (nSPS) is 18.0. The van der Waals surface area contributed by atoms with E-state index in [1.165, 1.54) is 26.4 Å². The summed E-state index contributed by atoms with van der Waals surface area (Å²) in [7, 11) is 2.88. The van der Waals surface area contributed by atoms with E-state index in [1.807, 2.05) is 25.1 Å². The zero-order valence-corrected chi connectivity index (χ0v) is 18.3. The molecule has 1 saturated heterocycles. The van der Waals surface area contributed by atoms with Crippen molar-refractivity contribution in [1.29, 1.82) is 0 Å². The first-order valence-corrected chi connectivity index (χ1v) is 10.1. The van der Waals surface area contributed by atoms with Crippen LogP contribution >= 0.6 is 11.6 Å². The number of nitrogens with one attached hydrogen (secondary N) is 2. The fourth-order valence-electron chi connectivity index (χ4n) is 3.67. The van der Waals surface area contributed by atoms with Gasteiger partial charge in [0.05, 0.1) is 24.9 Å². The number of amides is 4. The Morgan fingerprint density at radius 3 is 2.42 bits per heavy atom. The van der Waals surface area contributed by atoms with Crippen LogP contribution in [0.2, 0.25) is 5.02 Å². The van der Waals surface area contributed by atoms with Crippen LogP contribution in [0, 0.1) is 0 Å². The van der Waals surface area contributed by atoms with Crippen molar-refractivity contribution in [3.63, 3.8) is 0 Å². The number of benzene rings is 2. The Morgan fingerprint density at radius 2 is 1.81 bits per heavy atom. The number of rotatable bonds is 8. The van der Waals surface area contributed by atoms with Crippen molar-refractivity contribution in [2.45, 2.75) is 25.3 Å². The molecule has 2 aromatic rings. The standard InChI is InChI=1S/C22H24ClN3O5/c1-4-10-22(14-8-6-5-7-9-14)20(28)26(21(29)25-22)13-19(27)24-16-12-17(30-2)15(23)11-18(16)31-3/h5-9,11-12H,4,10,13H2,1-3H3,(H,24,27)(H,25,29). The summed E-state index contributed by atoms with van der Waals surface area (Å²) in [6, 6.07) is 11.4. The van der Waals surface area contributed by atoms with Gasteiger partial charge in [-0.1, -0.05) is 55.3 Å². The number of imide groups is 1. The van der Waals surface area contributed by atoms with E-state index < -0.39 is 29.9 Å². The first-order chi connectivity index (χ1) is 14.9. The fourth-order valence-corrected chi connectivity index (χ4v) is 3.90. The van der Waals surface area contributed by atoms with E-state index in [9.17, 15) is 14.4 Å². The number of hydrogen-bond donors (Lipinski definition) is 2. The molecule has 0 radical (unpaired) electrons. The van der Waals surface area contributed by atoms with E-state index >= 15 is 0 Å². The van der Waals surface area contributed by atoms with Gasteiger partial charge in [0.25, 0.3) is 5.91 Å². The molecule has 8 nitrogen and oxygen atoms in total. The van der Waals surface area contributed by atoms with Crippen LogP contribution in [-0.4, -0.2) is 43.5 Å². The lowest BCUT2D eigenvalue weighted by Gasteiger charge is -2.26. The summed E-state index contributed by atoms with van der Waals surface area (Å²) in [6.07, 6.45) is 1.09. The maximum atomic E-state index is 13.3. The lowest BCUT2D eigenvalue weighted by atomic mass is 9.85. The lowest BCUT2D eigenvalue weighted by molar-refractivity contribution is -0.134. The third-order valence-corrected chi connectivity index (χ3v) is 5.41. The van der Waals surface area contributed by atoms with Crippen LogP contribution < -0.4 is 20.1 Å². The number of anilines is 1. The number of carbonyl (C=O) groups excluding carboxylic acids is 3. The van der Waals surface area contributed by atoms with E-state index in [2.05, 4.69) is 10.6 Å². The minimum Gasteiger partial charge on any atom is -0.495 e. The summed E-state index contributed by atoms with van der Waals surface area (Å²) < 4.78 is 10.4. The largest absolute Gasteiger partial charge is 0.495 e. The molecular formula is C22H24ClN3O5. The van der Waals surface area contributed by atoms with Gasteiger partial charge in [0.15, 0.2) is 0 Å². The molecule has 1 aliphatic heterocycles. The molecule has 9 heteroatoms. The number of halogens is 1. The highest BCUT2D eigenvalue weighted by Gasteiger charge is 2.52. The molecule has 31 heavy (non-hydrogen) atoms. The van der Waals surface area contributed by atoms with E-state index in [4.69, 9.17) is 21.1 Å². The van der Waals surface area contributed by atoms with Gasteiger partial charge in [-0.3, -0.25) is 14.5 Å². The van der Waals surface area contributed by atoms with Crippen molar-refractivity contribution in [3.8, 4) is 11.5 Å². The average Bonchev–Trinajstić information content (AvgIpc) is 3.00. The molecule has 0 spiro atoms. The molecule has 164 valence electrons. The summed E-state index contributed by atoms with van der Waals surface area (Å²) in [4.78, 5) is 39.6. The first-order valence-electron chi connectivity index (χ1n) is 9.77. The SMILES string of the molecule is CCCC1(c2ccccc2)NC(=O)N(CC(=O)Nc2cc(OC)c(Cl)cc2OC)C1=O. The predicted molar refractivity (Wildman–Crippen MR) is 116 cm³/mol. The molecule has 2 N–H and O–H groups in total. The van der Waals surface area contributed by atoms with Crippen molar-refractivity contribution in [2.75, 3.05) is 26.1 Å². The van der Waals surface area contributed by atoms with Crippen LogP contribution in [0.15, 0.2) is 42.5 Å². The number of carbonyl (C=O) groups is 3. The van der Waals surface area contributed by atoms with Crippen molar-refractivity contribution < 1.29 is 23.9 Å². The smallest absolute Gasteiger partial charge is 0.325 e. The molecular weight excluding hydrogens is 422 g/mol. The van der Waals surface area contributed by atoms with Crippen molar-refractivity contribution in [3.05, 3.63) is 53.1 Å². The Bertz CT molecular complexity index is 998. The molecule has 1 heterocycles. The summed E-state index contributed by atoms with van der Waals surface area (Å²) in [6.45, 7) is 1.48. The molecule has 1 atom stereocenters. The Hall–Kier alpha value is -3.26. The number of nitrogens with zero attached hydrogens (tertiary/aromatic N) is 1. The van der Waals surface area contributed by atoms with Gasteiger partial charge in [-0.25, -0.2) is 4.79 Å². The molecule has 1 aliphatic rings. The zero-order chi connectivity index (χ0) is 22.6. The van der Waals surface area contributed by atoms with E-state index in [0.29, 0.717) is 40.6 Å². The van der Waals surface area contributed by atoms with Crippen LogP contribution in [0.4, 0.5) is 10.5 Å². The summed E-state index contributed by atoms with van der Waals surface area (Å²) in [5.41, 5.74) is -0.194. The van der Waals surface area contributed by atoms with Crippen LogP contribution in [0.25, 0.3) is 0 Å². The van der Waals surface area contributed by atoms with Crippen molar-refractivity contribution >= 4 is 35.1 Å². The molecule has 3 rings (SSSR count). The highest BCUT2D eigenvalue weighted by molar-refractivity contribution is 6.32. The molecule has 4 amide bonds. The number of ether oxygens (including phenoxy) is 2. The third-order valence-electron chi connectivity index (χ3n) is 5.12. The van der Waals surface area contributed by atoms with Gasteiger partial charge in [-0.05, 0) is 12.0 Å². The second-order valence-corrected chi connectivity index (χ2v) is 7.49. The van der Waals surface area contributed by atoms with Gasteiger partial charge < -0.3 is 20.1 Å². The highest BCUT2D eigenvalue weighted by Crippen LogP contribution is 2.36. The van der Waals surface area contributed by atoms with Gasteiger partial charge in [0, 0.05) is 12.1 Å². The predicted octanol–water partition coefficient (Wildman–Crippen LogP) is 3.54. The van der Waals surface area contributed by atoms with E-state index in [1.54, 1.807) is 12.1 Å². The molecule has 0 aliphatic carbocycles.